The SMILES string of the molecule is CC(O)C(=O)Nc1ccc(NC(=O)C(C)O)cc1. The van der Waals surface area contributed by atoms with Gasteiger partial charge in [0, 0.05) is 11.4 Å². The highest BCUT2D eigenvalue weighted by Gasteiger charge is 2.10. The lowest BCUT2D eigenvalue weighted by molar-refractivity contribution is -0.123. The fraction of sp³-hybridized carbons (Fsp3) is 0.333. The van der Waals surface area contributed by atoms with E-state index in [4.69, 9.17) is 10.2 Å². The van der Waals surface area contributed by atoms with Crippen LogP contribution in [-0.2, 0) is 9.59 Å². The van der Waals surface area contributed by atoms with Crippen LogP contribution < -0.4 is 10.6 Å². The molecule has 0 aliphatic heterocycles. The number of aliphatic hydroxyl groups excluding tert-OH is 2. The zero-order chi connectivity index (χ0) is 13.7. The smallest absolute Gasteiger partial charge is 0.252 e. The lowest BCUT2D eigenvalue weighted by atomic mass is 10.2. The number of benzene rings is 1. The summed E-state index contributed by atoms with van der Waals surface area (Å²) in [7, 11) is 0. The maximum atomic E-state index is 11.2. The molecule has 0 radical (unpaired) electrons. The summed E-state index contributed by atoms with van der Waals surface area (Å²) in [4.78, 5) is 22.4. The van der Waals surface area contributed by atoms with E-state index >= 15 is 0 Å². The fourth-order valence-electron chi connectivity index (χ4n) is 1.13. The Morgan fingerprint density at radius 1 is 0.889 bits per heavy atom. The first-order valence-corrected chi connectivity index (χ1v) is 5.48. The number of rotatable bonds is 4. The zero-order valence-corrected chi connectivity index (χ0v) is 10.2. The molecular formula is C12H16N2O4. The van der Waals surface area contributed by atoms with Crippen LogP contribution >= 0.6 is 0 Å². The van der Waals surface area contributed by atoms with Gasteiger partial charge >= 0.3 is 0 Å². The van der Waals surface area contributed by atoms with Gasteiger partial charge in [0.05, 0.1) is 0 Å². The van der Waals surface area contributed by atoms with E-state index in [9.17, 15) is 9.59 Å². The molecule has 6 nitrogen and oxygen atoms in total. The van der Waals surface area contributed by atoms with Crippen LogP contribution in [0.4, 0.5) is 11.4 Å². The van der Waals surface area contributed by atoms with Crippen LogP contribution in [-0.4, -0.2) is 34.2 Å². The molecule has 0 saturated heterocycles. The van der Waals surface area contributed by atoms with Crippen molar-refractivity contribution in [1.82, 2.24) is 0 Å². The van der Waals surface area contributed by atoms with Gasteiger partial charge in [0.2, 0.25) is 0 Å². The highest BCUT2D eigenvalue weighted by molar-refractivity contribution is 5.95. The van der Waals surface area contributed by atoms with Crippen LogP contribution in [0.3, 0.4) is 0 Å². The van der Waals surface area contributed by atoms with Crippen LogP contribution in [0.5, 0.6) is 0 Å². The van der Waals surface area contributed by atoms with Crippen molar-refractivity contribution in [3.63, 3.8) is 0 Å². The van der Waals surface area contributed by atoms with Crippen molar-refractivity contribution in [1.29, 1.82) is 0 Å². The van der Waals surface area contributed by atoms with Crippen molar-refractivity contribution in [2.75, 3.05) is 10.6 Å². The second-order valence-electron chi connectivity index (χ2n) is 3.91. The van der Waals surface area contributed by atoms with E-state index in [1.165, 1.54) is 13.8 Å². The van der Waals surface area contributed by atoms with Gasteiger partial charge in [-0.15, -0.1) is 0 Å². The number of nitrogens with one attached hydrogen (secondary N) is 2. The highest BCUT2D eigenvalue weighted by Crippen LogP contribution is 2.14. The van der Waals surface area contributed by atoms with Gasteiger partial charge in [-0.1, -0.05) is 0 Å². The molecule has 0 heterocycles. The maximum Gasteiger partial charge on any atom is 0.252 e. The Labute approximate surface area is 105 Å². The molecule has 1 aromatic carbocycles. The number of carbonyl (C=O) groups is 2. The van der Waals surface area contributed by atoms with Crippen LogP contribution in [0.25, 0.3) is 0 Å². The summed E-state index contributed by atoms with van der Waals surface area (Å²) in [6, 6.07) is 6.33. The third kappa shape index (κ3) is 4.15. The topological polar surface area (TPSA) is 98.7 Å². The summed E-state index contributed by atoms with van der Waals surface area (Å²) in [5.41, 5.74) is 1.02. The molecule has 0 spiro atoms. The molecule has 0 saturated carbocycles. The molecule has 0 aromatic heterocycles. The third-order valence-corrected chi connectivity index (χ3v) is 2.18. The van der Waals surface area contributed by atoms with Gasteiger partial charge in [0.25, 0.3) is 11.8 Å². The minimum absolute atomic E-state index is 0.504. The number of aliphatic hydroxyl groups is 2. The first kappa shape index (κ1) is 14.1. The summed E-state index contributed by atoms with van der Waals surface area (Å²) in [6.07, 6.45) is -2.17. The van der Waals surface area contributed by atoms with E-state index in [2.05, 4.69) is 10.6 Å². The molecule has 18 heavy (non-hydrogen) atoms. The molecule has 98 valence electrons. The molecule has 0 aliphatic rings. The maximum absolute atomic E-state index is 11.2. The quantitative estimate of drug-likeness (QED) is 0.620. The van der Waals surface area contributed by atoms with Crippen LogP contribution in [0.1, 0.15) is 13.8 Å². The molecule has 1 aromatic rings. The second-order valence-corrected chi connectivity index (χ2v) is 3.91. The van der Waals surface area contributed by atoms with Gasteiger partial charge in [-0.2, -0.15) is 0 Å². The van der Waals surface area contributed by atoms with E-state index < -0.39 is 24.0 Å². The van der Waals surface area contributed by atoms with E-state index in [0.29, 0.717) is 11.4 Å². The molecule has 2 atom stereocenters. The van der Waals surface area contributed by atoms with Crippen molar-refractivity contribution < 1.29 is 19.8 Å². The van der Waals surface area contributed by atoms with Crippen molar-refractivity contribution >= 4 is 23.2 Å². The average Bonchev–Trinajstić information content (AvgIpc) is 2.31. The van der Waals surface area contributed by atoms with Crippen molar-refractivity contribution in [3.8, 4) is 0 Å². The first-order valence-electron chi connectivity index (χ1n) is 5.48. The monoisotopic (exact) mass is 252 g/mol. The largest absolute Gasteiger partial charge is 0.384 e. The summed E-state index contributed by atoms with van der Waals surface area (Å²) in [5, 5.41) is 23.0. The Bertz CT molecular complexity index is 385. The number of carbonyl (C=O) groups excluding carboxylic acids is 2. The average molecular weight is 252 g/mol. The van der Waals surface area contributed by atoms with E-state index in [1.54, 1.807) is 24.3 Å². The Morgan fingerprint density at radius 2 is 1.17 bits per heavy atom. The van der Waals surface area contributed by atoms with Crippen LogP contribution in [0.2, 0.25) is 0 Å². The molecule has 0 bridgehead atoms. The van der Waals surface area contributed by atoms with Gasteiger partial charge in [0.1, 0.15) is 12.2 Å². The minimum Gasteiger partial charge on any atom is -0.384 e. The third-order valence-electron chi connectivity index (χ3n) is 2.18. The van der Waals surface area contributed by atoms with Gasteiger partial charge in [-0.3, -0.25) is 9.59 Å². The molecule has 2 unspecified atom stereocenters. The van der Waals surface area contributed by atoms with Crippen LogP contribution in [0.15, 0.2) is 24.3 Å². The Hall–Kier alpha value is -1.92. The molecular weight excluding hydrogens is 236 g/mol. The molecule has 0 fully saturated rings. The Morgan fingerprint density at radius 3 is 1.39 bits per heavy atom. The molecule has 6 heteroatoms. The molecule has 4 N–H and O–H groups in total. The molecule has 2 amide bonds. The Kier molecular flexibility index (Phi) is 4.82. The second kappa shape index (κ2) is 6.13. The van der Waals surface area contributed by atoms with Gasteiger partial charge < -0.3 is 20.8 Å². The standard InChI is InChI=1S/C12H16N2O4/c1-7(15)11(17)13-9-3-5-10(6-4-9)14-12(18)8(2)16/h3-8,15-16H,1-2H3,(H,13,17)(H,14,18). The predicted octanol–water partition coefficient (Wildman–Crippen LogP) is 0.325. The van der Waals surface area contributed by atoms with Crippen molar-refractivity contribution in [2.45, 2.75) is 26.1 Å². The number of amides is 2. The zero-order valence-electron chi connectivity index (χ0n) is 10.2. The number of anilines is 2. The lowest BCUT2D eigenvalue weighted by Crippen LogP contribution is -2.25. The summed E-state index contributed by atoms with van der Waals surface area (Å²) in [6.45, 7) is 2.74. The fourth-order valence-corrected chi connectivity index (χ4v) is 1.13. The van der Waals surface area contributed by atoms with E-state index in [1.807, 2.05) is 0 Å². The minimum atomic E-state index is -1.08. The Balaban J connectivity index is 2.63. The van der Waals surface area contributed by atoms with Crippen LogP contribution in [0, 0.1) is 0 Å². The van der Waals surface area contributed by atoms with Crippen molar-refractivity contribution in [3.05, 3.63) is 24.3 Å². The first-order chi connectivity index (χ1) is 8.40. The highest BCUT2D eigenvalue weighted by atomic mass is 16.3. The normalized spacial score (nSPS) is 13.6. The van der Waals surface area contributed by atoms with E-state index in [-0.39, 0.29) is 0 Å². The van der Waals surface area contributed by atoms with Gasteiger partial charge in [-0.05, 0) is 38.1 Å². The van der Waals surface area contributed by atoms with Gasteiger partial charge in [0.15, 0.2) is 0 Å². The molecule has 1 rings (SSSR count). The summed E-state index contributed by atoms with van der Waals surface area (Å²) < 4.78 is 0. The van der Waals surface area contributed by atoms with Crippen molar-refractivity contribution in [2.24, 2.45) is 0 Å². The predicted molar refractivity (Wildman–Crippen MR) is 67.1 cm³/mol. The summed E-state index contributed by atoms with van der Waals surface area (Å²) >= 11 is 0. The molecule has 0 aliphatic carbocycles. The lowest BCUT2D eigenvalue weighted by Gasteiger charge is -2.09. The number of hydrogen-bond acceptors (Lipinski definition) is 4. The summed E-state index contributed by atoms with van der Waals surface area (Å²) in [5.74, 6) is -1.01. The van der Waals surface area contributed by atoms with Gasteiger partial charge in [-0.25, -0.2) is 0 Å². The number of hydrogen-bond donors (Lipinski definition) is 4. The van der Waals surface area contributed by atoms with E-state index in [0.717, 1.165) is 0 Å².